The van der Waals surface area contributed by atoms with Crippen LogP contribution in [0.4, 0.5) is 0 Å². The van der Waals surface area contributed by atoms with E-state index in [-0.39, 0.29) is 37.0 Å². The van der Waals surface area contributed by atoms with Crippen LogP contribution in [0.1, 0.15) is 32.4 Å². The third kappa shape index (κ3) is 7.20. The van der Waals surface area contributed by atoms with Gasteiger partial charge in [0.1, 0.15) is 0 Å². The van der Waals surface area contributed by atoms with Crippen LogP contribution in [0.15, 0.2) is 18.2 Å². The molecule has 0 bridgehead atoms. The molecule has 1 aromatic rings. The first-order valence-electron chi connectivity index (χ1n) is 7.54. The average Bonchev–Trinajstić information content (AvgIpc) is 2.39. The molecular formula is C16H24Cl2N3O2+. The Balaban J connectivity index is 2.48. The molecule has 0 spiro atoms. The normalized spacial score (nSPS) is 13.5. The molecule has 0 saturated carbocycles. The van der Waals surface area contributed by atoms with Gasteiger partial charge >= 0.3 is 0 Å². The van der Waals surface area contributed by atoms with Gasteiger partial charge in [-0.3, -0.25) is 9.59 Å². The summed E-state index contributed by atoms with van der Waals surface area (Å²) in [5.74, 6) is -0.193. The predicted molar refractivity (Wildman–Crippen MR) is 92.9 cm³/mol. The van der Waals surface area contributed by atoms with Crippen LogP contribution in [0.2, 0.25) is 10.0 Å². The molecule has 128 valence electrons. The minimum Gasteiger partial charge on any atom is -0.349 e. The molecule has 5 nitrogen and oxygen atoms in total. The highest BCUT2D eigenvalue weighted by Crippen LogP contribution is 2.25. The van der Waals surface area contributed by atoms with Gasteiger partial charge in [0.05, 0.1) is 23.1 Å². The van der Waals surface area contributed by atoms with Gasteiger partial charge in [0.2, 0.25) is 0 Å². The van der Waals surface area contributed by atoms with Crippen LogP contribution in [0, 0.1) is 0 Å². The van der Waals surface area contributed by atoms with Crippen LogP contribution >= 0.6 is 23.2 Å². The van der Waals surface area contributed by atoms with Crippen molar-refractivity contribution >= 4 is 35.0 Å². The van der Waals surface area contributed by atoms with Crippen molar-refractivity contribution in [2.24, 2.45) is 0 Å². The van der Waals surface area contributed by atoms with E-state index >= 15 is 0 Å². The Bertz CT molecular complexity index is 564. The third-order valence-corrected chi connectivity index (χ3v) is 3.93. The molecule has 1 unspecified atom stereocenters. The summed E-state index contributed by atoms with van der Waals surface area (Å²) in [5.41, 5.74) is 0.878. The maximum atomic E-state index is 12.1. The van der Waals surface area contributed by atoms with E-state index in [0.717, 1.165) is 10.5 Å². The van der Waals surface area contributed by atoms with Crippen molar-refractivity contribution in [3.8, 4) is 0 Å². The smallest absolute Gasteiger partial charge is 0.275 e. The van der Waals surface area contributed by atoms with Crippen LogP contribution < -0.4 is 15.5 Å². The van der Waals surface area contributed by atoms with Crippen LogP contribution in [0.25, 0.3) is 0 Å². The molecular weight excluding hydrogens is 337 g/mol. The predicted octanol–water partition coefficient (Wildman–Crippen LogP) is 1.21. The van der Waals surface area contributed by atoms with Crippen LogP contribution in [0.5, 0.6) is 0 Å². The summed E-state index contributed by atoms with van der Waals surface area (Å²) in [4.78, 5) is 24.6. The monoisotopic (exact) mass is 360 g/mol. The van der Waals surface area contributed by atoms with E-state index in [0.29, 0.717) is 10.0 Å². The number of carbonyl (C=O) groups is 2. The van der Waals surface area contributed by atoms with Crippen molar-refractivity contribution in [1.82, 2.24) is 10.6 Å². The molecule has 1 rings (SSSR count). The molecule has 2 atom stereocenters. The number of quaternary nitrogens is 1. The standard InChI is InChI=1S/C16H23Cl2N3O2/c1-10(2)19-15(22)8-21(4)9-16(23)20-11(3)12-5-6-13(17)14(18)7-12/h5-7,10-11H,8-9H2,1-4H3,(H,19,22)(H,20,23)/p+1/t11-/m0/s1. The van der Waals surface area contributed by atoms with Crippen LogP contribution in [-0.4, -0.2) is 38.0 Å². The number of hydrogen-bond donors (Lipinski definition) is 3. The van der Waals surface area contributed by atoms with Crippen molar-refractivity contribution in [2.75, 3.05) is 20.1 Å². The fourth-order valence-electron chi connectivity index (χ4n) is 2.14. The molecule has 1 aromatic carbocycles. The number of nitrogens with one attached hydrogen (secondary N) is 3. The zero-order valence-electron chi connectivity index (χ0n) is 13.9. The Labute approximate surface area is 147 Å². The largest absolute Gasteiger partial charge is 0.349 e. The first-order chi connectivity index (χ1) is 10.7. The minimum absolute atomic E-state index is 0.0668. The van der Waals surface area contributed by atoms with Crippen molar-refractivity contribution in [3.05, 3.63) is 33.8 Å². The van der Waals surface area contributed by atoms with Gasteiger partial charge in [0, 0.05) is 6.04 Å². The van der Waals surface area contributed by atoms with Crippen LogP contribution in [0.3, 0.4) is 0 Å². The highest BCUT2D eigenvalue weighted by molar-refractivity contribution is 6.42. The number of likely N-dealkylation sites (N-methyl/N-ethyl adjacent to an activating group) is 1. The van der Waals surface area contributed by atoms with Gasteiger partial charge < -0.3 is 15.5 Å². The molecule has 0 heterocycles. The van der Waals surface area contributed by atoms with E-state index in [9.17, 15) is 9.59 Å². The first kappa shape index (κ1) is 19.7. The lowest BCUT2D eigenvalue weighted by Gasteiger charge is -2.18. The number of halogens is 2. The van der Waals surface area contributed by atoms with E-state index in [1.54, 1.807) is 12.1 Å². The average molecular weight is 361 g/mol. The van der Waals surface area contributed by atoms with Crippen molar-refractivity contribution in [1.29, 1.82) is 0 Å². The van der Waals surface area contributed by atoms with Gasteiger partial charge in [-0.05, 0) is 38.5 Å². The van der Waals surface area contributed by atoms with Crippen LogP contribution in [-0.2, 0) is 9.59 Å². The molecule has 2 amide bonds. The summed E-state index contributed by atoms with van der Waals surface area (Å²) in [7, 11) is 1.81. The Morgan fingerprint density at radius 1 is 1.04 bits per heavy atom. The Kier molecular flexibility index (Phi) is 7.82. The third-order valence-electron chi connectivity index (χ3n) is 3.20. The maximum absolute atomic E-state index is 12.1. The highest BCUT2D eigenvalue weighted by Gasteiger charge is 2.17. The molecule has 0 aliphatic heterocycles. The molecule has 7 heteroatoms. The van der Waals surface area contributed by atoms with E-state index in [2.05, 4.69) is 10.6 Å². The van der Waals surface area contributed by atoms with Gasteiger partial charge in [-0.2, -0.15) is 0 Å². The summed E-state index contributed by atoms with van der Waals surface area (Å²) in [6, 6.07) is 5.18. The van der Waals surface area contributed by atoms with Gasteiger partial charge in [0.25, 0.3) is 11.8 Å². The number of benzene rings is 1. The number of rotatable bonds is 7. The molecule has 0 saturated heterocycles. The number of carbonyl (C=O) groups excluding carboxylic acids is 2. The van der Waals surface area contributed by atoms with Gasteiger partial charge in [0.15, 0.2) is 13.1 Å². The minimum atomic E-state index is -0.186. The molecule has 0 aromatic heterocycles. The van der Waals surface area contributed by atoms with Crippen molar-refractivity contribution < 1.29 is 14.5 Å². The topological polar surface area (TPSA) is 62.6 Å². The van der Waals surface area contributed by atoms with Gasteiger partial charge in [-0.15, -0.1) is 0 Å². The quantitative estimate of drug-likeness (QED) is 0.684. The summed E-state index contributed by atoms with van der Waals surface area (Å²) < 4.78 is 0. The van der Waals surface area contributed by atoms with E-state index in [1.807, 2.05) is 33.9 Å². The molecule has 23 heavy (non-hydrogen) atoms. The lowest BCUT2D eigenvalue weighted by molar-refractivity contribution is -0.862. The van der Waals surface area contributed by atoms with E-state index in [4.69, 9.17) is 23.2 Å². The molecule has 0 radical (unpaired) electrons. The number of hydrogen-bond acceptors (Lipinski definition) is 2. The summed E-state index contributed by atoms with van der Waals surface area (Å²) >= 11 is 11.9. The Morgan fingerprint density at radius 2 is 1.61 bits per heavy atom. The molecule has 3 N–H and O–H groups in total. The fourth-order valence-corrected chi connectivity index (χ4v) is 2.45. The molecule has 0 aliphatic carbocycles. The molecule has 0 aliphatic rings. The molecule has 0 fully saturated rings. The lowest BCUT2D eigenvalue weighted by Crippen LogP contribution is -3.11. The zero-order chi connectivity index (χ0) is 17.6. The second-order valence-electron chi connectivity index (χ2n) is 6.00. The van der Waals surface area contributed by atoms with Crippen molar-refractivity contribution in [3.63, 3.8) is 0 Å². The SMILES string of the molecule is CC(C)NC(=O)C[NH+](C)CC(=O)N[C@@H](C)c1ccc(Cl)c(Cl)c1. The van der Waals surface area contributed by atoms with Crippen molar-refractivity contribution in [2.45, 2.75) is 32.9 Å². The number of amides is 2. The van der Waals surface area contributed by atoms with E-state index in [1.165, 1.54) is 0 Å². The maximum Gasteiger partial charge on any atom is 0.275 e. The Morgan fingerprint density at radius 3 is 2.13 bits per heavy atom. The zero-order valence-corrected chi connectivity index (χ0v) is 15.4. The summed E-state index contributed by atoms with van der Waals surface area (Å²) in [6.07, 6.45) is 0. The Hall–Kier alpha value is -1.30. The lowest BCUT2D eigenvalue weighted by atomic mass is 10.1. The second kappa shape index (κ2) is 9.11. The highest BCUT2D eigenvalue weighted by atomic mass is 35.5. The van der Waals surface area contributed by atoms with E-state index < -0.39 is 0 Å². The fraction of sp³-hybridized carbons (Fsp3) is 0.500. The van der Waals surface area contributed by atoms with Gasteiger partial charge in [-0.25, -0.2) is 0 Å². The first-order valence-corrected chi connectivity index (χ1v) is 8.29. The van der Waals surface area contributed by atoms with Gasteiger partial charge in [-0.1, -0.05) is 29.3 Å². The summed E-state index contributed by atoms with van der Waals surface area (Å²) in [5, 5.41) is 6.64. The second-order valence-corrected chi connectivity index (χ2v) is 6.81. The summed E-state index contributed by atoms with van der Waals surface area (Å²) in [6.45, 7) is 6.15.